The van der Waals surface area contributed by atoms with E-state index in [2.05, 4.69) is 0 Å². The predicted molar refractivity (Wildman–Crippen MR) is 83.0 cm³/mol. The van der Waals surface area contributed by atoms with E-state index in [0.717, 1.165) is 11.3 Å². The fourth-order valence-corrected chi connectivity index (χ4v) is 1.91. The monoisotopic (exact) mass is 278 g/mol. The molecule has 20 heavy (non-hydrogen) atoms. The molecule has 0 aliphatic heterocycles. The Kier molecular flexibility index (Phi) is 4.81. The van der Waals surface area contributed by atoms with E-state index < -0.39 is 5.60 Å². The van der Waals surface area contributed by atoms with E-state index in [1.807, 2.05) is 58.9 Å². The summed E-state index contributed by atoms with van der Waals surface area (Å²) in [4.78, 5) is 13.7. The number of nitrogens with zero attached hydrogens (tertiary/aromatic N) is 1. The summed E-state index contributed by atoms with van der Waals surface area (Å²) in [6, 6.07) is 7.76. The molecular weight excluding hydrogens is 252 g/mol. The molecule has 4 heteroatoms. The first-order chi connectivity index (χ1) is 8.99. The SMILES string of the molecule is CN(C(=O)OC(C)(C)C)c1ccccc1CC(C)(C)N. The molecule has 0 spiro atoms. The Morgan fingerprint density at radius 1 is 1.20 bits per heavy atom. The van der Waals surface area contributed by atoms with Crippen LogP contribution < -0.4 is 10.6 Å². The summed E-state index contributed by atoms with van der Waals surface area (Å²) in [5.41, 5.74) is 7.11. The Labute approximate surface area is 121 Å². The fourth-order valence-electron chi connectivity index (χ4n) is 1.91. The zero-order chi connectivity index (χ0) is 15.6. The van der Waals surface area contributed by atoms with E-state index in [4.69, 9.17) is 10.5 Å². The summed E-state index contributed by atoms with van der Waals surface area (Å²) in [6.45, 7) is 9.50. The lowest BCUT2D eigenvalue weighted by Crippen LogP contribution is -2.37. The van der Waals surface area contributed by atoms with Crippen molar-refractivity contribution in [3.63, 3.8) is 0 Å². The van der Waals surface area contributed by atoms with Gasteiger partial charge >= 0.3 is 6.09 Å². The average Bonchev–Trinajstić information content (AvgIpc) is 2.24. The van der Waals surface area contributed by atoms with Gasteiger partial charge in [-0.15, -0.1) is 0 Å². The molecule has 1 rings (SSSR count). The normalized spacial score (nSPS) is 12.2. The average molecular weight is 278 g/mol. The van der Waals surface area contributed by atoms with Crippen LogP contribution in [0.1, 0.15) is 40.2 Å². The van der Waals surface area contributed by atoms with E-state index in [1.54, 1.807) is 7.05 Å². The molecule has 0 heterocycles. The molecule has 1 aromatic carbocycles. The number of hydrogen-bond donors (Lipinski definition) is 1. The molecule has 0 radical (unpaired) electrons. The molecule has 0 aliphatic rings. The smallest absolute Gasteiger partial charge is 0.414 e. The Bertz CT molecular complexity index is 470. The summed E-state index contributed by atoms with van der Waals surface area (Å²) in [5.74, 6) is 0. The minimum absolute atomic E-state index is 0.328. The third-order valence-electron chi connectivity index (χ3n) is 2.67. The van der Waals surface area contributed by atoms with E-state index in [-0.39, 0.29) is 11.6 Å². The minimum Gasteiger partial charge on any atom is -0.443 e. The molecule has 0 bridgehead atoms. The van der Waals surface area contributed by atoms with Crippen LogP contribution in [0.5, 0.6) is 0 Å². The molecule has 1 amide bonds. The standard InChI is InChI=1S/C16H26N2O2/c1-15(2,3)20-14(19)18(6)13-10-8-7-9-12(13)11-16(4,5)17/h7-10H,11,17H2,1-6H3. The molecule has 0 aromatic heterocycles. The van der Waals surface area contributed by atoms with Gasteiger partial charge in [0.25, 0.3) is 0 Å². The second-order valence-electron chi connectivity index (χ2n) is 6.83. The maximum atomic E-state index is 12.1. The summed E-state index contributed by atoms with van der Waals surface area (Å²) < 4.78 is 5.39. The van der Waals surface area contributed by atoms with Crippen LogP contribution in [0.2, 0.25) is 0 Å². The van der Waals surface area contributed by atoms with Crippen molar-refractivity contribution in [2.75, 3.05) is 11.9 Å². The number of amides is 1. The Morgan fingerprint density at radius 2 is 1.75 bits per heavy atom. The molecule has 2 N–H and O–H groups in total. The first-order valence-corrected chi connectivity index (χ1v) is 6.83. The van der Waals surface area contributed by atoms with E-state index in [9.17, 15) is 4.79 Å². The lowest BCUT2D eigenvalue weighted by Gasteiger charge is -2.27. The summed E-state index contributed by atoms with van der Waals surface area (Å²) >= 11 is 0. The van der Waals surface area contributed by atoms with Gasteiger partial charge in [-0.25, -0.2) is 4.79 Å². The van der Waals surface area contributed by atoms with Crippen molar-refractivity contribution in [1.82, 2.24) is 0 Å². The van der Waals surface area contributed by atoms with Crippen molar-refractivity contribution in [3.05, 3.63) is 29.8 Å². The number of benzene rings is 1. The molecule has 112 valence electrons. The van der Waals surface area contributed by atoms with Gasteiger partial charge in [-0.05, 0) is 52.7 Å². The van der Waals surface area contributed by atoms with Gasteiger partial charge in [0.05, 0.1) is 0 Å². The highest BCUT2D eigenvalue weighted by molar-refractivity contribution is 5.88. The lowest BCUT2D eigenvalue weighted by atomic mass is 9.95. The topological polar surface area (TPSA) is 55.6 Å². The van der Waals surface area contributed by atoms with E-state index >= 15 is 0 Å². The van der Waals surface area contributed by atoms with Crippen LogP contribution in [0, 0.1) is 0 Å². The molecule has 0 saturated heterocycles. The van der Waals surface area contributed by atoms with Gasteiger partial charge in [0.1, 0.15) is 5.60 Å². The molecule has 0 saturated carbocycles. The first kappa shape index (κ1) is 16.5. The zero-order valence-electron chi connectivity index (χ0n) is 13.4. The highest BCUT2D eigenvalue weighted by atomic mass is 16.6. The van der Waals surface area contributed by atoms with Crippen molar-refractivity contribution < 1.29 is 9.53 Å². The molecule has 1 aromatic rings. The minimum atomic E-state index is -0.507. The quantitative estimate of drug-likeness (QED) is 0.922. The van der Waals surface area contributed by atoms with Crippen molar-refractivity contribution in [2.45, 2.75) is 52.2 Å². The largest absolute Gasteiger partial charge is 0.443 e. The third-order valence-corrected chi connectivity index (χ3v) is 2.67. The second kappa shape index (κ2) is 5.83. The molecule has 4 nitrogen and oxygen atoms in total. The highest BCUT2D eigenvalue weighted by Gasteiger charge is 2.23. The van der Waals surface area contributed by atoms with Gasteiger partial charge in [0, 0.05) is 18.3 Å². The van der Waals surface area contributed by atoms with Crippen LogP contribution in [0.15, 0.2) is 24.3 Å². The zero-order valence-corrected chi connectivity index (χ0v) is 13.4. The number of carbonyl (C=O) groups excluding carboxylic acids is 1. The summed E-state index contributed by atoms with van der Waals surface area (Å²) in [6.07, 6.45) is 0.329. The Balaban J connectivity index is 2.98. The van der Waals surface area contributed by atoms with Crippen molar-refractivity contribution >= 4 is 11.8 Å². The number of para-hydroxylation sites is 1. The van der Waals surface area contributed by atoms with Crippen LogP contribution in [0.3, 0.4) is 0 Å². The first-order valence-electron chi connectivity index (χ1n) is 6.83. The molecule has 0 aliphatic carbocycles. The highest BCUT2D eigenvalue weighted by Crippen LogP contribution is 2.24. The molecular formula is C16H26N2O2. The Morgan fingerprint density at radius 3 is 2.25 bits per heavy atom. The van der Waals surface area contributed by atoms with Crippen LogP contribution in [0.25, 0.3) is 0 Å². The maximum absolute atomic E-state index is 12.1. The van der Waals surface area contributed by atoms with Gasteiger partial charge in [-0.1, -0.05) is 18.2 Å². The van der Waals surface area contributed by atoms with Crippen LogP contribution >= 0.6 is 0 Å². The summed E-state index contributed by atoms with van der Waals surface area (Å²) in [5, 5.41) is 0. The Hall–Kier alpha value is -1.55. The molecule has 0 fully saturated rings. The summed E-state index contributed by atoms with van der Waals surface area (Å²) in [7, 11) is 1.72. The van der Waals surface area contributed by atoms with Gasteiger partial charge in [0.15, 0.2) is 0 Å². The number of rotatable bonds is 3. The number of hydrogen-bond acceptors (Lipinski definition) is 3. The van der Waals surface area contributed by atoms with Gasteiger partial charge in [-0.3, -0.25) is 4.90 Å². The second-order valence-corrected chi connectivity index (χ2v) is 6.83. The van der Waals surface area contributed by atoms with Gasteiger partial charge in [-0.2, -0.15) is 0 Å². The van der Waals surface area contributed by atoms with E-state index in [1.165, 1.54) is 4.90 Å². The van der Waals surface area contributed by atoms with Crippen LogP contribution in [-0.4, -0.2) is 24.3 Å². The number of anilines is 1. The van der Waals surface area contributed by atoms with Gasteiger partial charge < -0.3 is 10.5 Å². The lowest BCUT2D eigenvalue weighted by molar-refractivity contribution is 0.0589. The fraction of sp³-hybridized carbons (Fsp3) is 0.562. The molecule has 0 atom stereocenters. The van der Waals surface area contributed by atoms with Crippen molar-refractivity contribution in [2.24, 2.45) is 5.73 Å². The maximum Gasteiger partial charge on any atom is 0.414 e. The predicted octanol–water partition coefficient (Wildman–Crippen LogP) is 3.34. The number of nitrogens with two attached hydrogens (primary N) is 1. The van der Waals surface area contributed by atoms with E-state index in [0.29, 0.717) is 6.42 Å². The van der Waals surface area contributed by atoms with Crippen molar-refractivity contribution in [3.8, 4) is 0 Å². The van der Waals surface area contributed by atoms with Crippen LogP contribution in [-0.2, 0) is 11.2 Å². The van der Waals surface area contributed by atoms with Gasteiger partial charge in [0.2, 0.25) is 0 Å². The number of ether oxygens (including phenoxy) is 1. The van der Waals surface area contributed by atoms with Crippen LogP contribution in [0.4, 0.5) is 10.5 Å². The third kappa shape index (κ3) is 5.21. The molecule has 0 unspecified atom stereocenters. The number of carbonyl (C=O) groups is 1. The van der Waals surface area contributed by atoms with Crippen molar-refractivity contribution in [1.29, 1.82) is 0 Å².